The number of amides is 1. The lowest BCUT2D eigenvalue weighted by Crippen LogP contribution is -2.49. The first kappa shape index (κ1) is 20.3. The van der Waals surface area contributed by atoms with E-state index in [4.69, 9.17) is 9.15 Å². The average Bonchev–Trinajstić information content (AvgIpc) is 2.78. The topological polar surface area (TPSA) is 106 Å². The lowest BCUT2D eigenvalue weighted by atomic mass is 10.1. The SMILES string of the molecule is COc1cc([N+](=O)[O-])cc2cc(C(=O)N3CCN(c4ccc(F)cc4)CC3)c(=O)oc12. The maximum atomic E-state index is 13.1. The molecule has 4 rings (SSSR count). The molecule has 0 N–H and O–H groups in total. The number of piperazine rings is 1. The number of ether oxygens (including phenoxy) is 1. The first-order chi connectivity index (χ1) is 14.9. The highest BCUT2D eigenvalue weighted by Gasteiger charge is 2.26. The van der Waals surface area contributed by atoms with Gasteiger partial charge in [0.2, 0.25) is 0 Å². The van der Waals surface area contributed by atoms with E-state index in [1.165, 1.54) is 36.3 Å². The number of rotatable bonds is 4. The summed E-state index contributed by atoms with van der Waals surface area (Å²) in [6.45, 7) is 1.73. The van der Waals surface area contributed by atoms with Crippen LogP contribution in [0.3, 0.4) is 0 Å². The van der Waals surface area contributed by atoms with Crippen LogP contribution in [0.1, 0.15) is 10.4 Å². The van der Waals surface area contributed by atoms with Crippen molar-refractivity contribution in [2.45, 2.75) is 0 Å². The number of hydrogen-bond donors (Lipinski definition) is 0. The molecule has 1 fully saturated rings. The van der Waals surface area contributed by atoms with Crippen molar-refractivity contribution in [3.63, 3.8) is 0 Å². The number of hydrogen-bond acceptors (Lipinski definition) is 7. The highest BCUT2D eigenvalue weighted by molar-refractivity contribution is 5.98. The molecule has 10 heteroatoms. The van der Waals surface area contributed by atoms with Crippen LogP contribution in [0, 0.1) is 15.9 Å². The Hall–Kier alpha value is -3.95. The van der Waals surface area contributed by atoms with Crippen LogP contribution >= 0.6 is 0 Å². The Bertz CT molecular complexity index is 1220. The molecule has 31 heavy (non-hydrogen) atoms. The molecule has 9 nitrogen and oxygen atoms in total. The van der Waals surface area contributed by atoms with Gasteiger partial charge in [-0.05, 0) is 30.3 Å². The minimum Gasteiger partial charge on any atom is -0.493 e. The number of benzene rings is 2. The van der Waals surface area contributed by atoms with Crippen LogP contribution in [0.5, 0.6) is 5.75 Å². The summed E-state index contributed by atoms with van der Waals surface area (Å²) in [5.41, 5.74) is -0.408. The number of non-ortho nitro benzene ring substituents is 1. The highest BCUT2D eigenvalue weighted by atomic mass is 19.1. The smallest absolute Gasteiger partial charge is 0.349 e. The van der Waals surface area contributed by atoms with Gasteiger partial charge in [0.15, 0.2) is 11.3 Å². The number of anilines is 1. The summed E-state index contributed by atoms with van der Waals surface area (Å²) in [6.07, 6.45) is 0. The lowest BCUT2D eigenvalue weighted by Gasteiger charge is -2.36. The fourth-order valence-corrected chi connectivity index (χ4v) is 3.58. The first-order valence-electron chi connectivity index (χ1n) is 9.47. The summed E-state index contributed by atoms with van der Waals surface area (Å²) in [5.74, 6) is -0.800. The number of nitro groups is 1. The van der Waals surface area contributed by atoms with E-state index in [1.807, 2.05) is 4.90 Å². The van der Waals surface area contributed by atoms with Crippen molar-refractivity contribution in [1.29, 1.82) is 0 Å². The molecular formula is C21H18FN3O6. The van der Waals surface area contributed by atoms with Crippen LogP contribution < -0.4 is 15.3 Å². The van der Waals surface area contributed by atoms with Gasteiger partial charge in [0.25, 0.3) is 11.6 Å². The van der Waals surface area contributed by atoms with Gasteiger partial charge in [-0.1, -0.05) is 0 Å². The Balaban J connectivity index is 1.59. The molecule has 0 atom stereocenters. The van der Waals surface area contributed by atoms with Crippen molar-refractivity contribution in [1.82, 2.24) is 4.90 Å². The van der Waals surface area contributed by atoms with E-state index in [0.717, 1.165) is 11.8 Å². The first-order valence-corrected chi connectivity index (χ1v) is 9.47. The van der Waals surface area contributed by atoms with E-state index in [9.17, 15) is 24.1 Å². The van der Waals surface area contributed by atoms with Gasteiger partial charge < -0.3 is 19.0 Å². The lowest BCUT2D eigenvalue weighted by molar-refractivity contribution is -0.384. The van der Waals surface area contributed by atoms with Crippen LogP contribution in [-0.4, -0.2) is 49.0 Å². The number of fused-ring (bicyclic) bond motifs is 1. The number of nitrogens with zero attached hydrogens (tertiary/aromatic N) is 3. The zero-order chi connectivity index (χ0) is 22.1. The Morgan fingerprint density at radius 2 is 1.81 bits per heavy atom. The van der Waals surface area contributed by atoms with Crippen molar-refractivity contribution in [3.05, 3.63) is 74.4 Å². The van der Waals surface area contributed by atoms with Crippen LogP contribution in [0.2, 0.25) is 0 Å². The van der Waals surface area contributed by atoms with E-state index in [0.29, 0.717) is 26.2 Å². The Kier molecular flexibility index (Phi) is 5.28. The molecule has 0 saturated carbocycles. The van der Waals surface area contributed by atoms with Gasteiger partial charge in [-0.2, -0.15) is 0 Å². The molecule has 160 valence electrons. The number of methoxy groups -OCH3 is 1. The van der Waals surface area contributed by atoms with E-state index in [-0.39, 0.29) is 33.8 Å². The standard InChI is InChI=1S/C21H18FN3O6/c1-30-18-12-16(25(28)29)10-13-11-17(21(27)31-19(13)18)20(26)24-8-6-23(7-9-24)15-4-2-14(22)3-5-15/h2-5,10-12H,6-9H2,1H3. The summed E-state index contributed by atoms with van der Waals surface area (Å²) >= 11 is 0. The second kappa shape index (κ2) is 8.05. The molecule has 3 aromatic rings. The summed E-state index contributed by atoms with van der Waals surface area (Å²) in [5, 5.41) is 11.4. The van der Waals surface area contributed by atoms with Gasteiger partial charge in [-0.25, -0.2) is 9.18 Å². The Labute approximate surface area is 175 Å². The van der Waals surface area contributed by atoms with E-state index >= 15 is 0 Å². The monoisotopic (exact) mass is 427 g/mol. The second-order valence-corrected chi connectivity index (χ2v) is 7.03. The summed E-state index contributed by atoms with van der Waals surface area (Å²) in [7, 11) is 1.30. The summed E-state index contributed by atoms with van der Waals surface area (Å²) in [6, 6.07) is 9.77. The number of nitro benzene ring substituents is 1. The minimum absolute atomic E-state index is 0.0354. The van der Waals surface area contributed by atoms with Gasteiger partial charge in [0.1, 0.15) is 11.4 Å². The quantitative estimate of drug-likeness (QED) is 0.358. The average molecular weight is 427 g/mol. The van der Waals surface area contributed by atoms with Gasteiger partial charge in [0.05, 0.1) is 18.1 Å². The van der Waals surface area contributed by atoms with Crippen LogP contribution in [0.25, 0.3) is 11.0 Å². The number of carbonyl (C=O) groups is 1. The molecule has 2 aromatic carbocycles. The Morgan fingerprint density at radius 3 is 2.42 bits per heavy atom. The number of halogens is 1. The van der Waals surface area contributed by atoms with Crippen LogP contribution in [0.4, 0.5) is 15.8 Å². The molecule has 0 unspecified atom stereocenters. The third-order valence-electron chi connectivity index (χ3n) is 5.20. The molecule has 1 aliphatic heterocycles. The minimum atomic E-state index is -0.842. The summed E-state index contributed by atoms with van der Waals surface area (Å²) in [4.78, 5) is 39.5. The van der Waals surface area contributed by atoms with Gasteiger partial charge in [-0.15, -0.1) is 0 Å². The fourth-order valence-electron chi connectivity index (χ4n) is 3.58. The van der Waals surface area contributed by atoms with Crippen molar-refractivity contribution in [2.24, 2.45) is 0 Å². The molecule has 1 amide bonds. The van der Waals surface area contributed by atoms with Crippen molar-refractivity contribution < 1.29 is 23.3 Å². The predicted molar refractivity (Wildman–Crippen MR) is 110 cm³/mol. The van der Waals surface area contributed by atoms with E-state index < -0.39 is 16.5 Å². The fraction of sp³-hybridized carbons (Fsp3) is 0.238. The largest absolute Gasteiger partial charge is 0.493 e. The Morgan fingerprint density at radius 1 is 1.13 bits per heavy atom. The van der Waals surface area contributed by atoms with Gasteiger partial charge in [-0.3, -0.25) is 14.9 Å². The van der Waals surface area contributed by atoms with Crippen molar-refractivity contribution >= 4 is 28.3 Å². The zero-order valence-electron chi connectivity index (χ0n) is 16.5. The highest BCUT2D eigenvalue weighted by Crippen LogP contribution is 2.30. The maximum absolute atomic E-state index is 13.1. The van der Waals surface area contributed by atoms with E-state index in [1.54, 1.807) is 12.1 Å². The molecule has 1 saturated heterocycles. The zero-order valence-corrected chi connectivity index (χ0v) is 16.5. The molecule has 1 aliphatic rings. The molecule has 0 spiro atoms. The molecule has 0 radical (unpaired) electrons. The van der Waals surface area contributed by atoms with Gasteiger partial charge in [0, 0.05) is 43.3 Å². The number of carbonyl (C=O) groups excluding carboxylic acids is 1. The second-order valence-electron chi connectivity index (χ2n) is 7.03. The maximum Gasteiger partial charge on any atom is 0.349 e. The third-order valence-corrected chi connectivity index (χ3v) is 5.20. The van der Waals surface area contributed by atoms with E-state index in [2.05, 4.69) is 0 Å². The molecule has 0 bridgehead atoms. The van der Waals surface area contributed by atoms with Crippen LogP contribution in [-0.2, 0) is 0 Å². The van der Waals surface area contributed by atoms with Crippen LogP contribution in [0.15, 0.2) is 51.7 Å². The molecule has 0 aliphatic carbocycles. The van der Waals surface area contributed by atoms with Crippen molar-refractivity contribution in [3.8, 4) is 5.75 Å². The van der Waals surface area contributed by atoms with Crippen molar-refractivity contribution in [2.75, 3.05) is 38.2 Å². The molecule has 1 aromatic heterocycles. The summed E-state index contributed by atoms with van der Waals surface area (Å²) < 4.78 is 23.5. The van der Waals surface area contributed by atoms with Gasteiger partial charge >= 0.3 is 5.63 Å². The molecular weight excluding hydrogens is 409 g/mol. The normalized spacial score (nSPS) is 14.0. The predicted octanol–water partition coefficient (Wildman–Crippen LogP) is 2.81. The third kappa shape index (κ3) is 3.91. The molecule has 2 heterocycles.